The number of Topliss-reactive ketones (excluding diaryl/α,β-unsaturated/α-hetero) is 1. The molecule has 1 aliphatic heterocycles. The van der Waals surface area contributed by atoms with Gasteiger partial charge in [0.2, 0.25) is 5.91 Å². The van der Waals surface area contributed by atoms with E-state index in [1.54, 1.807) is 0 Å². The Hall–Kier alpha value is -1.82. The number of likely N-dealkylation sites (tertiary alicyclic amines) is 1. The third-order valence-corrected chi connectivity index (χ3v) is 4.94. The molecular formula is C25H44F2N2O2. The summed E-state index contributed by atoms with van der Waals surface area (Å²) < 4.78 is 19.0. The molecule has 1 saturated carbocycles. The summed E-state index contributed by atoms with van der Waals surface area (Å²) in [6, 6.07) is 8.83. The summed E-state index contributed by atoms with van der Waals surface area (Å²) in [5.74, 6) is 1.46. The van der Waals surface area contributed by atoms with Gasteiger partial charge in [-0.3, -0.25) is 13.6 Å². The molecule has 0 bridgehead atoms. The molecule has 2 N–H and O–H groups in total. The van der Waals surface area contributed by atoms with E-state index < -0.39 is 0 Å². The number of piperidine rings is 1. The van der Waals surface area contributed by atoms with Gasteiger partial charge in [-0.15, -0.1) is 0 Å². The average molecular weight is 443 g/mol. The molecule has 31 heavy (non-hydrogen) atoms. The van der Waals surface area contributed by atoms with E-state index in [1.165, 1.54) is 25.0 Å². The highest BCUT2D eigenvalue weighted by Crippen LogP contribution is 2.33. The molecule has 1 aromatic carbocycles. The summed E-state index contributed by atoms with van der Waals surface area (Å²) >= 11 is 0. The van der Waals surface area contributed by atoms with Crippen LogP contribution >= 0.6 is 0 Å². The van der Waals surface area contributed by atoms with Crippen LogP contribution in [0, 0.1) is 18.8 Å². The van der Waals surface area contributed by atoms with E-state index in [-0.39, 0.29) is 11.8 Å². The van der Waals surface area contributed by atoms with Crippen molar-refractivity contribution < 1.29 is 18.4 Å². The first-order valence-corrected chi connectivity index (χ1v) is 11.2. The Morgan fingerprint density at radius 3 is 1.94 bits per heavy atom. The molecule has 1 aromatic rings. The molecule has 0 radical (unpaired) electrons. The van der Waals surface area contributed by atoms with Crippen LogP contribution in [0.1, 0.15) is 64.5 Å². The molecule has 0 aromatic heterocycles. The number of hydrogen-bond donors (Lipinski definition) is 1. The van der Waals surface area contributed by atoms with E-state index in [2.05, 4.69) is 36.1 Å². The van der Waals surface area contributed by atoms with Gasteiger partial charge in [-0.1, -0.05) is 43.7 Å². The van der Waals surface area contributed by atoms with E-state index >= 15 is 0 Å². The van der Waals surface area contributed by atoms with Gasteiger partial charge >= 0.3 is 0 Å². The van der Waals surface area contributed by atoms with Crippen molar-refractivity contribution in [2.24, 2.45) is 17.6 Å². The smallest absolute Gasteiger partial charge is 0.225 e. The molecule has 180 valence electrons. The number of nitrogens with two attached hydrogens (primary N) is 1. The van der Waals surface area contributed by atoms with Crippen molar-refractivity contribution in [3.63, 3.8) is 0 Å². The van der Waals surface area contributed by atoms with E-state index in [9.17, 15) is 18.4 Å². The summed E-state index contributed by atoms with van der Waals surface area (Å²) in [4.78, 5) is 23.6. The van der Waals surface area contributed by atoms with Crippen LogP contribution < -0.4 is 5.73 Å². The maximum absolute atomic E-state index is 12.1. The lowest BCUT2D eigenvalue weighted by Gasteiger charge is -2.35. The second kappa shape index (κ2) is 18.9. The maximum atomic E-state index is 12.1. The van der Waals surface area contributed by atoms with Gasteiger partial charge in [0.25, 0.3) is 0 Å². The second-order valence-corrected chi connectivity index (χ2v) is 7.70. The summed E-state index contributed by atoms with van der Waals surface area (Å²) in [6.45, 7) is 11.0. The molecule has 2 fully saturated rings. The van der Waals surface area contributed by atoms with Gasteiger partial charge in [0, 0.05) is 25.0 Å². The summed E-state index contributed by atoms with van der Waals surface area (Å²) in [5, 5.41) is 0. The van der Waals surface area contributed by atoms with Crippen molar-refractivity contribution in [3.05, 3.63) is 35.4 Å². The largest absolute Gasteiger partial charge is 0.342 e. The van der Waals surface area contributed by atoms with Crippen LogP contribution in [0.15, 0.2) is 24.3 Å². The Morgan fingerprint density at radius 1 is 1.03 bits per heavy atom. The Labute approximate surface area is 188 Å². The molecule has 1 amide bonds. The standard InChI is InChI=1S/C18H26N2O.C3H6O.C2H6.2CH3F/c1-13-3-2-4-14(11-13)12-17(19)15-7-9-20(10-8-15)18(21)16-5-6-16;1-3(2)4;3*1-2/h2-4,11,15-17H,5-10,12,19H2,1H3;1-2H3;1-2H3;2*1H3. The van der Waals surface area contributed by atoms with E-state index in [0.717, 1.165) is 45.2 Å². The number of aryl methyl sites for hydroxylation is 1. The Kier molecular flexibility index (Phi) is 19.1. The number of ketones is 1. The lowest BCUT2D eigenvalue weighted by atomic mass is 9.86. The number of carbonyl (C=O) groups excluding carboxylic acids is 2. The highest BCUT2D eigenvalue weighted by Gasteiger charge is 2.35. The summed E-state index contributed by atoms with van der Waals surface area (Å²) in [6.07, 6.45) is 5.27. The van der Waals surface area contributed by atoms with Crippen LogP contribution in [0.2, 0.25) is 0 Å². The van der Waals surface area contributed by atoms with Gasteiger partial charge in [0.05, 0.1) is 14.4 Å². The predicted octanol–water partition coefficient (Wildman–Crippen LogP) is 5.31. The minimum absolute atomic E-state index is 0.167. The third-order valence-electron chi connectivity index (χ3n) is 4.94. The fraction of sp³-hybridized carbons (Fsp3) is 0.680. The zero-order valence-electron chi connectivity index (χ0n) is 20.6. The van der Waals surface area contributed by atoms with Crippen molar-refractivity contribution in [1.29, 1.82) is 0 Å². The van der Waals surface area contributed by atoms with Gasteiger partial charge in [0.1, 0.15) is 5.78 Å². The highest BCUT2D eigenvalue weighted by atomic mass is 19.1. The van der Waals surface area contributed by atoms with E-state index in [0.29, 0.717) is 32.1 Å². The van der Waals surface area contributed by atoms with Gasteiger partial charge in [0.15, 0.2) is 0 Å². The first-order chi connectivity index (χ1) is 14.9. The molecule has 1 saturated heterocycles. The molecule has 1 unspecified atom stereocenters. The molecule has 3 rings (SSSR count). The topological polar surface area (TPSA) is 63.4 Å². The number of nitrogens with zero attached hydrogens (tertiary/aromatic N) is 1. The van der Waals surface area contributed by atoms with Crippen molar-refractivity contribution in [3.8, 4) is 0 Å². The molecule has 1 atom stereocenters. The minimum Gasteiger partial charge on any atom is -0.342 e. The zero-order valence-corrected chi connectivity index (χ0v) is 20.6. The predicted molar refractivity (Wildman–Crippen MR) is 127 cm³/mol. The minimum atomic E-state index is 0.167. The maximum Gasteiger partial charge on any atom is 0.225 e. The van der Waals surface area contributed by atoms with Crippen LogP contribution in [-0.2, 0) is 16.0 Å². The SMILES string of the molecule is CC.CC(C)=O.CF.CF.Cc1cccc(CC(N)C2CCN(C(=O)C3CC3)CC2)c1. The Balaban J connectivity index is 0. The average Bonchev–Trinajstić information content (AvgIpc) is 3.63. The lowest BCUT2D eigenvalue weighted by Crippen LogP contribution is -2.44. The van der Waals surface area contributed by atoms with Crippen molar-refractivity contribution in [2.45, 2.75) is 72.8 Å². The molecule has 4 nitrogen and oxygen atoms in total. The monoisotopic (exact) mass is 442 g/mol. The van der Waals surface area contributed by atoms with Crippen LogP contribution in [0.25, 0.3) is 0 Å². The van der Waals surface area contributed by atoms with Crippen LogP contribution in [0.3, 0.4) is 0 Å². The Bertz CT molecular complexity index is 595. The van der Waals surface area contributed by atoms with E-state index in [1.807, 2.05) is 13.8 Å². The number of rotatable bonds is 4. The van der Waals surface area contributed by atoms with Gasteiger partial charge < -0.3 is 15.4 Å². The fourth-order valence-electron chi connectivity index (χ4n) is 3.41. The molecule has 1 aliphatic carbocycles. The van der Waals surface area contributed by atoms with Crippen LogP contribution in [0.4, 0.5) is 8.78 Å². The van der Waals surface area contributed by atoms with Crippen molar-refractivity contribution in [2.75, 3.05) is 27.4 Å². The summed E-state index contributed by atoms with van der Waals surface area (Å²) in [7, 11) is 1.00. The van der Waals surface area contributed by atoms with E-state index in [4.69, 9.17) is 5.73 Å². The van der Waals surface area contributed by atoms with Crippen LogP contribution in [0.5, 0.6) is 0 Å². The Morgan fingerprint density at radius 2 is 1.52 bits per heavy atom. The van der Waals surface area contributed by atoms with Gasteiger partial charge in [-0.25, -0.2) is 0 Å². The van der Waals surface area contributed by atoms with Crippen LogP contribution in [-0.4, -0.2) is 50.1 Å². The summed E-state index contributed by atoms with van der Waals surface area (Å²) in [5.41, 5.74) is 9.05. The van der Waals surface area contributed by atoms with Gasteiger partial charge in [-0.05, 0) is 64.4 Å². The molecule has 2 aliphatic rings. The third kappa shape index (κ3) is 14.0. The molecular weight excluding hydrogens is 398 g/mol. The number of benzene rings is 1. The van der Waals surface area contributed by atoms with Crippen molar-refractivity contribution >= 4 is 11.7 Å². The first-order valence-electron chi connectivity index (χ1n) is 11.2. The van der Waals surface area contributed by atoms with Gasteiger partial charge in [-0.2, -0.15) is 0 Å². The first kappa shape index (κ1) is 31.4. The number of hydrogen-bond acceptors (Lipinski definition) is 3. The molecule has 6 heteroatoms. The van der Waals surface area contributed by atoms with Crippen molar-refractivity contribution in [1.82, 2.24) is 4.90 Å². The molecule has 1 heterocycles. The highest BCUT2D eigenvalue weighted by molar-refractivity contribution is 5.81. The number of carbonyl (C=O) groups is 2. The fourth-order valence-corrected chi connectivity index (χ4v) is 3.41. The normalized spacial score (nSPS) is 15.9. The quantitative estimate of drug-likeness (QED) is 0.688. The number of halogens is 2. The number of alkyl halides is 2. The second-order valence-electron chi connectivity index (χ2n) is 7.70. The number of amides is 1. The molecule has 0 spiro atoms. The lowest BCUT2D eigenvalue weighted by molar-refractivity contribution is -0.134. The zero-order chi connectivity index (χ0) is 24.4.